The van der Waals surface area contributed by atoms with Crippen molar-refractivity contribution in [3.63, 3.8) is 0 Å². The molecule has 6 heteroatoms. The van der Waals surface area contributed by atoms with Crippen LogP contribution in [0.4, 0.5) is 0 Å². The van der Waals surface area contributed by atoms with E-state index >= 15 is 0 Å². The molecule has 0 saturated heterocycles. The van der Waals surface area contributed by atoms with Crippen molar-refractivity contribution in [2.45, 2.75) is 25.9 Å². The van der Waals surface area contributed by atoms with E-state index < -0.39 is 0 Å². The number of aryl methyl sites for hydroxylation is 1. The van der Waals surface area contributed by atoms with Crippen LogP contribution in [-0.4, -0.2) is 16.6 Å². The van der Waals surface area contributed by atoms with E-state index in [-0.39, 0.29) is 6.04 Å². The first kappa shape index (κ1) is 14.6. The Kier molecular flexibility index (Phi) is 4.29. The van der Waals surface area contributed by atoms with Gasteiger partial charge in [0.15, 0.2) is 0 Å². The van der Waals surface area contributed by atoms with E-state index in [0.29, 0.717) is 23.2 Å². The summed E-state index contributed by atoms with van der Waals surface area (Å²) >= 11 is 12.3. The first-order valence-electron chi connectivity index (χ1n) is 6.77. The first-order chi connectivity index (χ1) is 10.1. The molecule has 0 aliphatic carbocycles. The van der Waals surface area contributed by atoms with Crippen LogP contribution < -0.4 is 10.1 Å². The van der Waals surface area contributed by atoms with Gasteiger partial charge >= 0.3 is 0 Å². The van der Waals surface area contributed by atoms with Gasteiger partial charge in [0.05, 0.1) is 17.3 Å². The van der Waals surface area contributed by atoms with Gasteiger partial charge in [-0.1, -0.05) is 23.2 Å². The zero-order valence-corrected chi connectivity index (χ0v) is 13.1. The van der Waals surface area contributed by atoms with Gasteiger partial charge in [0.1, 0.15) is 11.6 Å². The normalized spacial score (nSPS) is 17.2. The van der Waals surface area contributed by atoms with Crippen molar-refractivity contribution in [1.82, 2.24) is 15.3 Å². The molecule has 1 aliphatic rings. The largest absolute Gasteiger partial charge is 0.492 e. The van der Waals surface area contributed by atoms with E-state index in [0.717, 1.165) is 29.3 Å². The molecule has 0 amide bonds. The minimum Gasteiger partial charge on any atom is -0.492 e. The summed E-state index contributed by atoms with van der Waals surface area (Å²) < 4.78 is 5.65. The lowest BCUT2D eigenvalue weighted by molar-refractivity contribution is 0.252. The Balaban J connectivity index is 1.79. The minimum absolute atomic E-state index is 0.153. The molecule has 2 aromatic rings. The molecule has 3 rings (SSSR count). The molecule has 21 heavy (non-hydrogen) atoms. The second-order valence-corrected chi connectivity index (χ2v) is 5.82. The summed E-state index contributed by atoms with van der Waals surface area (Å²) in [6.45, 7) is 3.18. The maximum absolute atomic E-state index is 6.19. The lowest BCUT2D eigenvalue weighted by Crippen LogP contribution is -2.27. The van der Waals surface area contributed by atoms with Crippen LogP contribution in [0.1, 0.15) is 29.5 Å². The fourth-order valence-electron chi connectivity index (χ4n) is 2.47. The van der Waals surface area contributed by atoms with Crippen LogP contribution in [0.15, 0.2) is 24.4 Å². The summed E-state index contributed by atoms with van der Waals surface area (Å²) in [5.74, 6) is 1.50. The number of nitrogens with one attached hydrogen (secondary N) is 1. The molecule has 1 N–H and O–H groups in total. The highest BCUT2D eigenvalue weighted by atomic mass is 35.5. The molecule has 0 saturated carbocycles. The maximum atomic E-state index is 6.19. The SMILES string of the molecule is Cc1nccc(CNC2CCOc3c(Cl)cc(Cl)cc32)n1. The molecule has 1 unspecified atom stereocenters. The lowest BCUT2D eigenvalue weighted by atomic mass is 10.0. The Morgan fingerprint density at radius 1 is 1.38 bits per heavy atom. The summed E-state index contributed by atoms with van der Waals surface area (Å²) in [5, 5.41) is 4.66. The van der Waals surface area contributed by atoms with Crippen molar-refractivity contribution in [1.29, 1.82) is 0 Å². The van der Waals surface area contributed by atoms with E-state index in [2.05, 4.69) is 15.3 Å². The Hall–Kier alpha value is -1.36. The minimum atomic E-state index is 0.153. The maximum Gasteiger partial charge on any atom is 0.142 e. The van der Waals surface area contributed by atoms with Crippen LogP contribution in [0.2, 0.25) is 10.0 Å². The molecule has 1 atom stereocenters. The molecular weight excluding hydrogens is 309 g/mol. The van der Waals surface area contributed by atoms with Crippen LogP contribution in [-0.2, 0) is 6.54 Å². The molecule has 110 valence electrons. The van der Waals surface area contributed by atoms with Crippen LogP contribution in [0.5, 0.6) is 5.75 Å². The van der Waals surface area contributed by atoms with Crippen molar-refractivity contribution < 1.29 is 4.74 Å². The molecule has 0 fully saturated rings. The molecule has 1 aromatic heterocycles. The van der Waals surface area contributed by atoms with Gasteiger partial charge in [0, 0.05) is 35.8 Å². The van der Waals surface area contributed by atoms with E-state index in [1.165, 1.54) is 0 Å². The zero-order valence-electron chi connectivity index (χ0n) is 11.6. The Morgan fingerprint density at radius 2 is 2.24 bits per heavy atom. The highest BCUT2D eigenvalue weighted by Crippen LogP contribution is 2.39. The Labute approximate surface area is 133 Å². The molecule has 0 spiro atoms. The monoisotopic (exact) mass is 323 g/mol. The van der Waals surface area contributed by atoms with Crippen LogP contribution >= 0.6 is 23.2 Å². The van der Waals surface area contributed by atoms with Crippen molar-refractivity contribution >= 4 is 23.2 Å². The molecule has 1 aromatic carbocycles. The topological polar surface area (TPSA) is 47.0 Å². The molecule has 0 bridgehead atoms. The molecular formula is C15H15Cl2N3O. The number of benzene rings is 1. The quantitative estimate of drug-likeness (QED) is 0.935. The number of nitrogens with zero attached hydrogens (tertiary/aromatic N) is 2. The third kappa shape index (κ3) is 3.28. The molecule has 1 aliphatic heterocycles. The second-order valence-electron chi connectivity index (χ2n) is 4.97. The summed E-state index contributed by atoms with van der Waals surface area (Å²) in [6.07, 6.45) is 2.64. The van der Waals surface area contributed by atoms with Gasteiger partial charge in [-0.2, -0.15) is 0 Å². The number of fused-ring (bicyclic) bond motifs is 1. The standard InChI is InChI=1S/C15H15Cl2N3O/c1-9-18-4-2-11(20-9)8-19-14-3-5-21-15-12(14)6-10(16)7-13(15)17/h2,4,6-7,14,19H,3,5,8H2,1H3. The summed E-state index contributed by atoms with van der Waals surface area (Å²) in [5.41, 5.74) is 1.97. The van der Waals surface area contributed by atoms with E-state index in [9.17, 15) is 0 Å². The second kappa shape index (κ2) is 6.18. The third-order valence-electron chi connectivity index (χ3n) is 3.43. The first-order valence-corrected chi connectivity index (χ1v) is 7.53. The van der Waals surface area contributed by atoms with Crippen LogP contribution in [0, 0.1) is 6.92 Å². The van der Waals surface area contributed by atoms with E-state index in [4.69, 9.17) is 27.9 Å². The number of hydrogen-bond acceptors (Lipinski definition) is 4. The molecule has 2 heterocycles. The highest BCUT2D eigenvalue weighted by molar-refractivity contribution is 6.35. The number of aromatic nitrogens is 2. The van der Waals surface area contributed by atoms with Gasteiger partial charge in [-0.3, -0.25) is 0 Å². The van der Waals surface area contributed by atoms with Crippen molar-refractivity contribution in [2.75, 3.05) is 6.61 Å². The zero-order chi connectivity index (χ0) is 14.8. The van der Waals surface area contributed by atoms with Gasteiger partial charge < -0.3 is 10.1 Å². The number of ether oxygens (including phenoxy) is 1. The fourth-order valence-corrected chi connectivity index (χ4v) is 3.03. The van der Waals surface area contributed by atoms with Gasteiger partial charge in [-0.05, 0) is 25.1 Å². The predicted molar refractivity (Wildman–Crippen MR) is 82.9 cm³/mol. The molecule has 4 nitrogen and oxygen atoms in total. The van der Waals surface area contributed by atoms with Gasteiger partial charge in [-0.15, -0.1) is 0 Å². The van der Waals surface area contributed by atoms with Gasteiger partial charge in [0.25, 0.3) is 0 Å². The van der Waals surface area contributed by atoms with E-state index in [1.807, 2.05) is 19.1 Å². The smallest absolute Gasteiger partial charge is 0.142 e. The van der Waals surface area contributed by atoms with Crippen LogP contribution in [0.25, 0.3) is 0 Å². The number of halogens is 2. The Morgan fingerprint density at radius 3 is 3.05 bits per heavy atom. The van der Waals surface area contributed by atoms with E-state index in [1.54, 1.807) is 12.3 Å². The lowest BCUT2D eigenvalue weighted by Gasteiger charge is -2.27. The van der Waals surface area contributed by atoms with Crippen molar-refractivity contribution in [3.8, 4) is 5.75 Å². The third-order valence-corrected chi connectivity index (χ3v) is 3.93. The predicted octanol–water partition coefficient (Wildman–Crippen LogP) is 3.71. The highest BCUT2D eigenvalue weighted by Gasteiger charge is 2.24. The van der Waals surface area contributed by atoms with Crippen molar-refractivity contribution in [3.05, 3.63) is 51.5 Å². The fraction of sp³-hybridized carbons (Fsp3) is 0.333. The number of rotatable bonds is 3. The van der Waals surface area contributed by atoms with Crippen LogP contribution in [0.3, 0.4) is 0 Å². The summed E-state index contributed by atoms with van der Waals surface area (Å²) in [6, 6.07) is 5.67. The van der Waals surface area contributed by atoms with Gasteiger partial charge in [-0.25, -0.2) is 9.97 Å². The van der Waals surface area contributed by atoms with Crippen molar-refractivity contribution in [2.24, 2.45) is 0 Å². The average Bonchev–Trinajstić information content (AvgIpc) is 2.45. The molecule has 0 radical (unpaired) electrons. The summed E-state index contributed by atoms with van der Waals surface area (Å²) in [7, 11) is 0. The Bertz CT molecular complexity index is 663. The van der Waals surface area contributed by atoms with Gasteiger partial charge in [0.2, 0.25) is 0 Å². The summed E-state index contributed by atoms with van der Waals surface area (Å²) in [4.78, 5) is 8.49. The number of hydrogen-bond donors (Lipinski definition) is 1. The average molecular weight is 324 g/mol.